The van der Waals surface area contributed by atoms with Crippen LogP contribution in [0.2, 0.25) is 5.02 Å². The lowest BCUT2D eigenvalue weighted by Gasteiger charge is -2.24. The van der Waals surface area contributed by atoms with Crippen molar-refractivity contribution in [3.8, 4) is 0 Å². The van der Waals surface area contributed by atoms with Crippen molar-refractivity contribution in [2.45, 2.75) is 38.5 Å². The van der Waals surface area contributed by atoms with E-state index in [4.69, 9.17) is 22.1 Å². The Labute approximate surface area is 120 Å². The van der Waals surface area contributed by atoms with Gasteiger partial charge in [0.05, 0.1) is 35.6 Å². The second kappa shape index (κ2) is 7.85. The highest BCUT2D eigenvalue weighted by molar-refractivity contribution is 6.31. The fraction of sp³-hybridized carbons (Fsp3) is 0.769. The van der Waals surface area contributed by atoms with Crippen LogP contribution in [0, 0.1) is 0 Å². The maximum Gasteiger partial charge on any atom is 0.0835 e. The molecule has 0 saturated heterocycles. The maximum absolute atomic E-state index is 6.30. The third-order valence-corrected chi connectivity index (χ3v) is 3.48. The van der Waals surface area contributed by atoms with Gasteiger partial charge in [-0.15, -0.1) is 0 Å². The lowest BCUT2D eigenvalue weighted by molar-refractivity contribution is 0.0699. The van der Waals surface area contributed by atoms with Crippen molar-refractivity contribution in [1.29, 1.82) is 0 Å². The van der Waals surface area contributed by atoms with Crippen molar-refractivity contribution < 1.29 is 4.74 Å². The Morgan fingerprint density at radius 2 is 2.21 bits per heavy atom. The number of ether oxygens (including phenoxy) is 1. The van der Waals surface area contributed by atoms with Crippen LogP contribution in [0.15, 0.2) is 6.20 Å². The van der Waals surface area contributed by atoms with E-state index in [9.17, 15) is 0 Å². The molecule has 0 bridgehead atoms. The highest BCUT2D eigenvalue weighted by Crippen LogP contribution is 2.26. The molecular formula is C13H25ClN4O. The molecule has 0 aromatic carbocycles. The summed E-state index contributed by atoms with van der Waals surface area (Å²) in [6, 6.07) is -0.248. The van der Waals surface area contributed by atoms with Gasteiger partial charge in [-0.25, -0.2) is 0 Å². The molecule has 2 atom stereocenters. The second-order valence-corrected chi connectivity index (χ2v) is 5.40. The van der Waals surface area contributed by atoms with Gasteiger partial charge in [-0.2, -0.15) is 5.10 Å². The van der Waals surface area contributed by atoms with Gasteiger partial charge in [0.1, 0.15) is 0 Å². The van der Waals surface area contributed by atoms with E-state index in [1.165, 1.54) is 0 Å². The van der Waals surface area contributed by atoms with Crippen LogP contribution >= 0.6 is 11.6 Å². The van der Waals surface area contributed by atoms with E-state index in [1.807, 2.05) is 18.8 Å². The van der Waals surface area contributed by atoms with Gasteiger partial charge in [0.2, 0.25) is 0 Å². The van der Waals surface area contributed by atoms with Crippen LogP contribution in [0.3, 0.4) is 0 Å². The molecule has 2 unspecified atom stereocenters. The quantitative estimate of drug-likeness (QED) is 0.794. The summed E-state index contributed by atoms with van der Waals surface area (Å²) in [7, 11) is 5.74. The molecular weight excluding hydrogens is 264 g/mol. The third kappa shape index (κ3) is 4.45. The predicted octanol–water partition coefficient (Wildman–Crippen LogP) is 1.91. The number of methoxy groups -OCH3 is 1. The number of nitrogens with zero attached hydrogens (tertiary/aromatic N) is 3. The first-order valence-electron chi connectivity index (χ1n) is 6.65. The number of nitrogens with two attached hydrogens (primary N) is 1. The number of aromatic nitrogens is 2. The van der Waals surface area contributed by atoms with Crippen LogP contribution in [0.5, 0.6) is 0 Å². The summed E-state index contributed by atoms with van der Waals surface area (Å²) in [4.78, 5) is 2.10. The average molecular weight is 289 g/mol. The van der Waals surface area contributed by atoms with Crippen molar-refractivity contribution in [3.63, 3.8) is 0 Å². The number of hydrogen-bond donors (Lipinski definition) is 1. The van der Waals surface area contributed by atoms with Gasteiger partial charge in [0, 0.05) is 13.7 Å². The number of halogens is 1. The molecule has 6 heteroatoms. The molecule has 0 fully saturated rings. The van der Waals surface area contributed by atoms with Gasteiger partial charge < -0.3 is 15.4 Å². The zero-order valence-corrected chi connectivity index (χ0v) is 13.0. The van der Waals surface area contributed by atoms with Gasteiger partial charge in [-0.05, 0) is 20.5 Å². The zero-order valence-electron chi connectivity index (χ0n) is 12.3. The van der Waals surface area contributed by atoms with Crippen molar-refractivity contribution in [2.75, 3.05) is 27.7 Å². The van der Waals surface area contributed by atoms with Gasteiger partial charge >= 0.3 is 0 Å². The summed E-state index contributed by atoms with van der Waals surface area (Å²) >= 11 is 6.22. The number of rotatable bonds is 8. The van der Waals surface area contributed by atoms with Crippen molar-refractivity contribution in [2.24, 2.45) is 5.73 Å². The Morgan fingerprint density at radius 1 is 1.53 bits per heavy atom. The predicted molar refractivity (Wildman–Crippen MR) is 78.4 cm³/mol. The van der Waals surface area contributed by atoms with E-state index in [1.54, 1.807) is 13.3 Å². The van der Waals surface area contributed by atoms with Crippen LogP contribution in [-0.4, -0.2) is 48.5 Å². The summed E-state index contributed by atoms with van der Waals surface area (Å²) in [6.07, 6.45) is 3.56. The first kappa shape index (κ1) is 16.4. The van der Waals surface area contributed by atoms with E-state index < -0.39 is 0 Å². The summed E-state index contributed by atoms with van der Waals surface area (Å²) in [5, 5.41) is 4.92. The average Bonchev–Trinajstić information content (AvgIpc) is 2.74. The zero-order chi connectivity index (χ0) is 14.4. The molecule has 110 valence electrons. The first-order chi connectivity index (χ1) is 9.01. The van der Waals surface area contributed by atoms with Gasteiger partial charge in [-0.3, -0.25) is 4.68 Å². The molecule has 2 N–H and O–H groups in total. The Kier molecular flexibility index (Phi) is 6.79. The normalized spacial score (nSPS) is 14.9. The molecule has 1 heterocycles. The van der Waals surface area contributed by atoms with Crippen LogP contribution < -0.4 is 5.73 Å². The molecule has 0 aliphatic rings. The molecule has 5 nitrogen and oxygen atoms in total. The van der Waals surface area contributed by atoms with Crippen LogP contribution in [-0.2, 0) is 11.3 Å². The minimum absolute atomic E-state index is 0.0303. The van der Waals surface area contributed by atoms with Crippen LogP contribution in [0.25, 0.3) is 0 Å². The van der Waals surface area contributed by atoms with Crippen LogP contribution in [0.4, 0.5) is 0 Å². The highest BCUT2D eigenvalue weighted by atomic mass is 35.5. The molecule has 0 amide bonds. The molecule has 0 aliphatic heterocycles. The van der Waals surface area contributed by atoms with Crippen LogP contribution in [0.1, 0.15) is 31.5 Å². The molecule has 1 aromatic heterocycles. The fourth-order valence-corrected chi connectivity index (χ4v) is 2.35. The van der Waals surface area contributed by atoms with E-state index >= 15 is 0 Å². The largest absolute Gasteiger partial charge is 0.379 e. The second-order valence-electron chi connectivity index (χ2n) is 4.99. The number of likely N-dealkylation sites (N-methyl/N-ethyl adjacent to an activating group) is 1. The highest BCUT2D eigenvalue weighted by Gasteiger charge is 2.24. The van der Waals surface area contributed by atoms with Crippen molar-refractivity contribution in [1.82, 2.24) is 14.7 Å². The Morgan fingerprint density at radius 3 is 2.74 bits per heavy atom. The molecule has 0 aliphatic carbocycles. The minimum Gasteiger partial charge on any atom is -0.379 e. The Balaban J connectivity index is 2.87. The molecule has 0 spiro atoms. The van der Waals surface area contributed by atoms with E-state index in [2.05, 4.69) is 16.9 Å². The van der Waals surface area contributed by atoms with Crippen molar-refractivity contribution >= 4 is 11.6 Å². The monoisotopic (exact) mass is 288 g/mol. The lowest BCUT2D eigenvalue weighted by Crippen LogP contribution is -2.31. The first-order valence-corrected chi connectivity index (χ1v) is 7.03. The summed E-state index contributed by atoms with van der Waals surface area (Å²) in [5.41, 5.74) is 7.17. The molecule has 1 rings (SSSR count). The minimum atomic E-state index is -0.248. The molecule has 1 aromatic rings. The number of hydrogen-bond acceptors (Lipinski definition) is 4. The van der Waals surface area contributed by atoms with Crippen molar-refractivity contribution in [3.05, 3.63) is 16.9 Å². The van der Waals surface area contributed by atoms with E-state index in [-0.39, 0.29) is 12.1 Å². The summed E-state index contributed by atoms with van der Waals surface area (Å²) in [5.74, 6) is 0. The lowest BCUT2D eigenvalue weighted by atomic mass is 10.0. The summed E-state index contributed by atoms with van der Waals surface area (Å²) in [6.45, 7) is 3.78. The third-order valence-electron chi connectivity index (χ3n) is 3.18. The van der Waals surface area contributed by atoms with E-state index in [0.717, 1.165) is 31.6 Å². The standard InChI is InChI=1S/C13H25ClN4O/c1-5-6-11(19-4)12(15)13-10(14)9-16-18(13)8-7-17(2)3/h9,11-12H,5-8,15H2,1-4H3. The smallest absolute Gasteiger partial charge is 0.0835 e. The molecule has 0 saturated carbocycles. The van der Waals surface area contributed by atoms with Gasteiger partial charge in [0.25, 0.3) is 0 Å². The molecule has 19 heavy (non-hydrogen) atoms. The summed E-state index contributed by atoms with van der Waals surface area (Å²) < 4.78 is 7.36. The maximum atomic E-state index is 6.30. The fourth-order valence-electron chi connectivity index (χ4n) is 2.08. The topological polar surface area (TPSA) is 56.3 Å². The Bertz CT molecular complexity index is 381. The van der Waals surface area contributed by atoms with Gasteiger partial charge in [0.15, 0.2) is 0 Å². The Hall–Kier alpha value is -0.620. The van der Waals surface area contributed by atoms with E-state index in [0.29, 0.717) is 5.02 Å². The molecule has 0 radical (unpaired) electrons. The SMILES string of the molecule is CCCC(OC)C(N)c1c(Cl)cnn1CCN(C)C. The van der Waals surface area contributed by atoms with Gasteiger partial charge in [-0.1, -0.05) is 24.9 Å².